The molecule has 1 aliphatic rings. The number of nitrogens with zero attached hydrogens (tertiary/aromatic N) is 3. The van der Waals surface area contributed by atoms with Gasteiger partial charge >= 0.3 is 0 Å². The maximum Gasteiger partial charge on any atom is 0.194 e. The molecule has 0 atom stereocenters. The van der Waals surface area contributed by atoms with Crippen LogP contribution in [-0.4, -0.2) is 14.5 Å². The van der Waals surface area contributed by atoms with Gasteiger partial charge in [0.05, 0.1) is 16.9 Å². The SMILES string of the molecule is c1ccc(-c2cc(-c3cccc(-c4cccc(-n5c6ccccc6c6ccc7c(c65)Oc5c(ccc6ccccc56)O7)c4)c3)nc(-c3ccccc3)n2)cc1. The molecule has 5 nitrogen and oxygen atoms in total. The summed E-state index contributed by atoms with van der Waals surface area (Å²) in [7, 11) is 0. The Hall–Kier alpha value is -7.50. The number of hydrogen-bond donors (Lipinski definition) is 0. The van der Waals surface area contributed by atoms with Crippen molar-refractivity contribution >= 4 is 32.6 Å². The van der Waals surface area contributed by atoms with Gasteiger partial charge in [-0.2, -0.15) is 0 Å². The zero-order valence-electron chi connectivity index (χ0n) is 29.6. The summed E-state index contributed by atoms with van der Waals surface area (Å²) in [6.07, 6.45) is 0. The van der Waals surface area contributed by atoms with Gasteiger partial charge in [0.25, 0.3) is 0 Å². The van der Waals surface area contributed by atoms with Gasteiger partial charge in [-0.05, 0) is 65.0 Å². The van der Waals surface area contributed by atoms with Crippen LogP contribution in [0, 0.1) is 0 Å². The molecule has 0 bridgehead atoms. The van der Waals surface area contributed by atoms with Crippen molar-refractivity contribution in [1.82, 2.24) is 14.5 Å². The summed E-state index contributed by atoms with van der Waals surface area (Å²) in [5.74, 6) is 3.54. The molecule has 0 spiro atoms. The van der Waals surface area contributed by atoms with Crippen LogP contribution in [0.2, 0.25) is 0 Å². The molecule has 0 saturated heterocycles. The Labute approximate surface area is 317 Å². The van der Waals surface area contributed by atoms with Crippen LogP contribution in [0.1, 0.15) is 0 Å². The summed E-state index contributed by atoms with van der Waals surface area (Å²) in [6, 6.07) is 64.9. The summed E-state index contributed by atoms with van der Waals surface area (Å²) in [5, 5.41) is 4.36. The van der Waals surface area contributed by atoms with Crippen molar-refractivity contribution in [3.63, 3.8) is 0 Å². The predicted molar refractivity (Wildman–Crippen MR) is 222 cm³/mol. The fourth-order valence-electron chi connectivity index (χ4n) is 7.84. The molecule has 11 rings (SSSR count). The van der Waals surface area contributed by atoms with Crippen LogP contribution in [0.25, 0.3) is 83.3 Å². The van der Waals surface area contributed by atoms with Gasteiger partial charge in [-0.15, -0.1) is 0 Å². The molecule has 0 aliphatic carbocycles. The number of rotatable bonds is 5. The van der Waals surface area contributed by atoms with Gasteiger partial charge in [-0.3, -0.25) is 0 Å². The van der Waals surface area contributed by atoms with Crippen LogP contribution < -0.4 is 9.47 Å². The van der Waals surface area contributed by atoms with Crippen LogP contribution in [0.4, 0.5) is 0 Å². The second kappa shape index (κ2) is 12.6. The van der Waals surface area contributed by atoms with Gasteiger partial charge < -0.3 is 14.0 Å². The summed E-state index contributed by atoms with van der Waals surface area (Å²) >= 11 is 0. The third-order valence-electron chi connectivity index (χ3n) is 10.4. The number of para-hydroxylation sites is 1. The fourth-order valence-corrected chi connectivity index (χ4v) is 7.84. The number of aromatic nitrogens is 3. The maximum absolute atomic E-state index is 6.90. The Balaban J connectivity index is 1.05. The van der Waals surface area contributed by atoms with E-state index in [1.165, 1.54) is 0 Å². The first-order chi connectivity index (χ1) is 27.2. The van der Waals surface area contributed by atoms with Crippen molar-refractivity contribution in [2.75, 3.05) is 0 Å². The molecular weight excluding hydrogens is 675 g/mol. The summed E-state index contributed by atoms with van der Waals surface area (Å²) in [5.41, 5.74) is 10.0. The second-order valence-corrected chi connectivity index (χ2v) is 13.8. The summed E-state index contributed by atoms with van der Waals surface area (Å²) in [4.78, 5) is 10.1. The number of ether oxygens (including phenoxy) is 2. The molecule has 258 valence electrons. The molecule has 0 amide bonds. The average molecular weight is 706 g/mol. The first kappa shape index (κ1) is 31.1. The highest BCUT2D eigenvalue weighted by Crippen LogP contribution is 2.53. The third kappa shape index (κ3) is 5.24. The molecule has 0 radical (unpaired) electrons. The minimum absolute atomic E-state index is 0.692. The van der Waals surface area contributed by atoms with Crippen LogP contribution in [0.15, 0.2) is 188 Å². The molecular formula is C50H31N3O2. The van der Waals surface area contributed by atoms with Gasteiger partial charge in [0.2, 0.25) is 0 Å². The third-order valence-corrected chi connectivity index (χ3v) is 10.4. The first-order valence-corrected chi connectivity index (χ1v) is 18.4. The minimum atomic E-state index is 0.692. The van der Waals surface area contributed by atoms with E-state index in [1.807, 2.05) is 60.7 Å². The van der Waals surface area contributed by atoms with Crippen LogP contribution >= 0.6 is 0 Å². The molecule has 0 fully saturated rings. The Kier molecular flexibility index (Phi) is 7.10. The van der Waals surface area contributed by atoms with E-state index in [0.717, 1.165) is 83.2 Å². The molecule has 5 heteroatoms. The Morgan fingerprint density at radius 3 is 1.84 bits per heavy atom. The standard InChI is InChI=1S/C50H31N3O2/c1-3-14-33(15-4-1)42-31-43(52-50(51-42)34-16-5-2-6-17-34)37-20-11-18-35(29-37)36-19-12-21-38(30-36)53-44-24-10-9-23-40(44)41-26-28-46-49(47(41)53)55-48-39-22-8-7-13-32(39)25-27-45(48)54-46/h1-31H. The smallest absolute Gasteiger partial charge is 0.194 e. The molecule has 8 aromatic carbocycles. The van der Waals surface area contributed by atoms with Gasteiger partial charge in [0, 0.05) is 38.5 Å². The second-order valence-electron chi connectivity index (χ2n) is 13.8. The van der Waals surface area contributed by atoms with E-state index < -0.39 is 0 Å². The molecule has 10 aromatic rings. The number of hydrogen-bond acceptors (Lipinski definition) is 4. The van der Waals surface area contributed by atoms with E-state index >= 15 is 0 Å². The lowest BCUT2D eigenvalue weighted by Gasteiger charge is -2.23. The minimum Gasteiger partial charge on any atom is -0.449 e. The Morgan fingerprint density at radius 1 is 0.382 bits per heavy atom. The fraction of sp³-hybridized carbons (Fsp3) is 0. The lowest BCUT2D eigenvalue weighted by atomic mass is 10.00. The first-order valence-electron chi connectivity index (χ1n) is 18.4. The molecule has 0 saturated carbocycles. The molecule has 3 heterocycles. The van der Waals surface area contributed by atoms with Crippen LogP contribution in [0.3, 0.4) is 0 Å². The van der Waals surface area contributed by atoms with Crippen molar-refractivity contribution < 1.29 is 9.47 Å². The lowest BCUT2D eigenvalue weighted by molar-refractivity contribution is 0.366. The van der Waals surface area contributed by atoms with Crippen molar-refractivity contribution in [2.45, 2.75) is 0 Å². The highest BCUT2D eigenvalue weighted by Gasteiger charge is 2.27. The van der Waals surface area contributed by atoms with E-state index in [2.05, 4.69) is 132 Å². The highest BCUT2D eigenvalue weighted by atomic mass is 16.6. The van der Waals surface area contributed by atoms with E-state index in [-0.39, 0.29) is 0 Å². The van der Waals surface area contributed by atoms with E-state index in [0.29, 0.717) is 23.1 Å². The number of fused-ring (bicyclic) bond motifs is 8. The molecule has 0 unspecified atom stereocenters. The lowest BCUT2D eigenvalue weighted by Crippen LogP contribution is -2.02. The Morgan fingerprint density at radius 2 is 1.00 bits per heavy atom. The van der Waals surface area contributed by atoms with Crippen molar-refractivity contribution in [3.8, 4) is 73.7 Å². The average Bonchev–Trinajstić information content (AvgIpc) is 3.61. The quantitative estimate of drug-likeness (QED) is 0.179. The van der Waals surface area contributed by atoms with E-state index in [9.17, 15) is 0 Å². The Bertz CT molecular complexity index is 3040. The van der Waals surface area contributed by atoms with Gasteiger partial charge in [0.1, 0.15) is 5.52 Å². The van der Waals surface area contributed by atoms with Gasteiger partial charge in [-0.1, -0.05) is 140 Å². The molecule has 2 aromatic heterocycles. The normalized spacial score (nSPS) is 11.9. The van der Waals surface area contributed by atoms with Crippen molar-refractivity contribution in [2.24, 2.45) is 0 Å². The van der Waals surface area contributed by atoms with Crippen molar-refractivity contribution in [3.05, 3.63) is 188 Å². The zero-order valence-corrected chi connectivity index (χ0v) is 29.6. The zero-order chi connectivity index (χ0) is 36.3. The molecule has 0 N–H and O–H groups in total. The van der Waals surface area contributed by atoms with Gasteiger partial charge in [-0.25, -0.2) is 9.97 Å². The van der Waals surface area contributed by atoms with Crippen LogP contribution in [-0.2, 0) is 0 Å². The predicted octanol–water partition coefficient (Wildman–Crippen LogP) is 13.3. The largest absolute Gasteiger partial charge is 0.449 e. The summed E-state index contributed by atoms with van der Waals surface area (Å²) < 4.78 is 15.8. The van der Waals surface area contributed by atoms with E-state index in [1.54, 1.807) is 0 Å². The van der Waals surface area contributed by atoms with Crippen molar-refractivity contribution in [1.29, 1.82) is 0 Å². The number of benzene rings is 8. The van der Waals surface area contributed by atoms with E-state index in [4.69, 9.17) is 19.4 Å². The monoisotopic (exact) mass is 705 g/mol. The topological polar surface area (TPSA) is 49.2 Å². The molecule has 1 aliphatic heterocycles. The van der Waals surface area contributed by atoms with Gasteiger partial charge in [0.15, 0.2) is 28.8 Å². The maximum atomic E-state index is 6.90. The van der Waals surface area contributed by atoms with Crippen LogP contribution in [0.5, 0.6) is 23.0 Å². The summed E-state index contributed by atoms with van der Waals surface area (Å²) in [6.45, 7) is 0. The highest BCUT2D eigenvalue weighted by molar-refractivity contribution is 6.12. The molecule has 55 heavy (non-hydrogen) atoms.